The Bertz CT molecular complexity index is 1080. The highest BCUT2D eigenvalue weighted by Gasteiger charge is 2.45. The molecule has 1 amide bonds. The number of nitro groups is 1. The Balaban J connectivity index is 2.08. The average Bonchev–Trinajstić information content (AvgIpc) is 2.98. The first-order valence-corrected chi connectivity index (χ1v) is 10.0. The smallest absolute Gasteiger partial charge is 0.303 e. The van der Waals surface area contributed by atoms with Gasteiger partial charge in [0.2, 0.25) is 0 Å². The van der Waals surface area contributed by atoms with Crippen molar-refractivity contribution in [3.8, 4) is 0 Å². The van der Waals surface area contributed by atoms with Gasteiger partial charge in [-0.1, -0.05) is 28.1 Å². The zero-order valence-electron chi connectivity index (χ0n) is 16.0. The van der Waals surface area contributed by atoms with E-state index in [0.717, 1.165) is 4.47 Å². The van der Waals surface area contributed by atoms with E-state index < -0.39 is 34.4 Å². The molecule has 2 N–H and O–H groups in total. The molecule has 1 fully saturated rings. The Hall–Kier alpha value is -3.53. The molecule has 3 rings (SSSR count). The molecule has 2 aromatic rings. The Labute approximate surface area is 184 Å². The molecular weight excluding hydrogens is 472 g/mol. The van der Waals surface area contributed by atoms with Crippen LogP contribution in [0.2, 0.25) is 0 Å². The highest BCUT2D eigenvalue weighted by Crippen LogP contribution is 2.40. The van der Waals surface area contributed by atoms with Gasteiger partial charge < -0.3 is 15.1 Å². The minimum Gasteiger partial charge on any atom is -0.507 e. The number of carbonyl (C=O) groups is 3. The molecule has 0 spiro atoms. The highest BCUT2D eigenvalue weighted by molar-refractivity contribution is 9.10. The maximum absolute atomic E-state index is 12.8. The number of carbonyl (C=O) groups excluding carboxylic acids is 2. The van der Waals surface area contributed by atoms with Gasteiger partial charge in [-0.3, -0.25) is 24.5 Å². The van der Waals surface area contributed by atoms with Crippen LogP contribution < -0.4 is 0 Å². The number of non-ortho nitro benzene ring substituents is 1. The molecule has 31 heavy (non-hydrogen) atoms. The number of likely N-dealkylation sites (tertiary alicyclic amines) is 1. The van der Waals surface area contributed by atoms with Crippen molar-refractivity contribution in [1.82, 2.24) is 4.90 Å². The summed E-state index contributed by atoms with van der Waals surface area (Å²) in [4.78, 5) is 47.9. The van der Waals surface area contributed by atoms with Gasteiger partial charge in [0.1, 0.15) is 5.76 Å². The molecular formula is C21H17BrN2O7. The van der Waals surface area contributed by atoms with Gasteiger partial charge in [0, 0.05) is 35.1 Å². The summed E-state index contributed by atoms with van der Waals surface area (Å²) in [6, 6.07) is 10.9. The number of aliphatic carboxylic acids is 1. The fourth-order valence-electron chi connectivity index (χ4n) is 3.40. The van der Waals surface area contributed by atoms with E-state index in [1.807, 2.05) is 0 Å². The molecule has 1 saturated heterocycles. The molecule has 1 atom stereocenters. The van der Waals surface area contributed by atoms with Crippen LogP contribution in [-0.4, -0.2) is 44.2 Å². The number of Topliss-reactive ketones (excluding diaryl/α,β-unsaturated/α-hetero) is 1. The lowest BCUT2D eigenvalue weighted by atomic mass is 9.95. The molecule has 2 aromatic carbocycles. The van der Waals surface area contributed by atoms with E-state index in [4.69, 9.17) is 5.11 Å². The summed E-state index contributed by atoms with van der Waals surface area (Å²) in [5.41, 5.74) is 0.365. The van der Waals surface area contributed by atoms with Gasteiger partial charge in [-0.2, -0.15) is 0 Å². The molecule has 10 heteroatoms. The van der Waals surface area contributed by atoms with Crippen LogP contribution in [0.5, 0.6) is 0 Å². The van der Waals surface area contributed by atoms with E-state index >= 15 is 0 Å². The minimum atomic E-state index is -1.03. The van der Waals surface area contributed by atoms with Gasteiger partial charge in [0.05, 0.1) is 16.5 Å². The number of nitro benzene ring substituents is 1. The van der Waals surface area contributed by atoms with Crippen molar-refractivity contribution in [1.29, 1.82) is 0 Å². The van der Waals surface area contributed by atoms with Crippen LogP contribution >= 0.6 is 15.9 Å². The van der Waals surface area contributed by atoms with Crippen LogP contribution in [0.4, 0.5) is 5.69 Å². The molecule has 9 nitrogen and oxygen atoms in total. The summed E-state index contributed by atoms with van der Waals surface area (Å²) in [6.07, 6.45) is -0.0502. The molecule has 0 aliphatic carbocycles. The summed E-state index contributed by atoms with van der Waals surface area (Å²) in [7, 11) is 0. The number of rotatable bonds is 7. The first kappa shape index (κ1) is 22.2. The summed E-state index contributed by atoms with van der Waals surface area (Å²) < 4.78 is 0.773. The molecule has 0 radical (unpaired) electrons. The number of hydrogen-bond acceptors (Lipinski definition) is 6. The Morgan fingerprint density at radius 1 is 1.06 bits per heavy atom. The van der Waals surface area contributed by atoms with Gasteiger partial charge in [-0.05, 0) is 36.2 Å². The van der Waals surface area contributed by atoms with Gasteiger partial charge >= 0.3 is 5.97 Å². The van der Waals surface area contributed by atoms with Gasteiger partial charge in [0.25, 0.3) is 17.4 Å². The number of halogens is 1. The number of hydrogen-bond donors (Lipinski definition) is 2. The third-order valence-corrected chi connectivity index (χ3v) is 5.40. The van der Waals surface area contributed by atoms with Crippen molar-refractivity contribution in [2.24, 2.45) is 0 Å². The number of aliphatic hydroxyl groups is 1. The van der Waals surface area contributed by atoms with Crippen molar-refractivity contribution in [2.45, 2.75) is 18.9 Å². The van der Waals surface area contributed by atoms with Crippen LogP contribution in [-0.2, 0) is 14.4 Å². The van der Waals surface area contributed by atoms with E-state index in [-0.39, 0.29) is 36.2 Å². The van der Waals surface area contributed by atoms with Crippen LogP contribution in [0.1, 0.15) is 30.0 Å². The summed E-state index contributed by atoms with van der Waals surface area (Å²) in [6.45, 7) is 0.00858. The van der Waals surface area contributed by atoms with E-state index in [1.54, 1.807) is 24.3 Å². The predicted molar refractivity (Wildman–Crippen MR) is 113 cm³/mol. The molecule has 0 aromatic heterocycles. The quantitative estimate of drug-likeness (QED) is 0.199. The number of aliphatic hydroxyl groups excluding tert-OH is 1. The van der Waals surface area contributed by atoms with Crippen molar-refractivity contribution < 1.29 is 29.5 Å². The summed E-state index contributed by atoms with van der Waals surface area (Å²) >= 11 is 3.32. The minimum absolute atomic E-state index is 0.00858. The molecule has 0 unspecified atom stereocenters. The van der Waals surface area contributed by atoms with Crippen molar-refractivity contribution in [2.75, 3.05) is 6.54 Å². The second kappa shape index (κ2) is 9.09. The van der Waals surface area contributed by atoms with Crippen molar-refractivity contribution in [3.05, 3.63) is 79.8 Å². The van der Waals surface area contributed by atoms with Crippen LogP contribution in [0.15, 0.2) is 58.6 Å². The predicted octanol–water partition coefficient (Wildman–Crippen LogP) is 3.64. The lowest BCUT2D eigenvalue weighted by molar-refractivity contribution is -0.384. The maximum Gasteiger partial charge on any atom is 0.303 e. The molecule has 1 heterocycles. The zero-order valence-corrected chi connectivity index (χ0v) is 17.6. The molecule has 160 valence electrons. The summed E-state index contributed by atoms with van der Waals surface area (Å²) in [5, 5.41) is 30.6. The fraction of sp³-hybridized carbons (Fsp3) is 0.190. The zero-order chi connectivity index (χ0) is 22.7. The summed E-state index contributed by atoms with van der Waals surface area (Å²) in [5.74, 6) is -3.23. The highest BCUT2D eigenvalue weighted by atomic mass is 79.9. The van der Waals surface area contributed by atoms with Crippen LogP contribution in [0, 0.1) is 10.1 Å². The monoisotopic (exact) mass is 488 g/mol. The first-order valence-electron chi connectivity index (χ1n) is 9.21. The third kappa shape index (κ3) is 4.64. The normalized spacial score (nSPS) is 17.7. The largest absolute Gasteiger partial charge is 0.507 e. The van der Waals surface area contributed by atoms with Crippen LogP contribution in [0.25, 0.3) is 5.76 Å². The van der Waals surface area contributed by atoms with E-state index in [2.05, 4.69) is 15.9 Å². The van der Waals surface area contributed by atoms with Gasteiger partial charge in [-0.25, -0.2) is 0 Å². The second-order valence-electron chi connectivity index (χ2n) is 6.85. The maximum atomic E-state index is 12.8. The Morgan fingerprint density at radius 2 is 1.68 bits per heavy atom. The molecule has 1 aliphatic rings. The lowest BCUT2D eigenvalue weighted by Crippen LogP contribution is -2.31. The van der Waals surface area contributed by atoms with Crippen molar-refractivity contribution >= 4 is 45.0 Å². The molecule has 1 aliphatic heterocycles. The standard InChI is InChI=1S/C21H17BrN2O7/c22-14-7-3-12(4-8-14)18-17(19(27)13-5-9-15(10-6-13)24(30)31)20(28)21(29)23(18)11-1-2-16(25)26/h3-10,18,27H,1-2,11H2,(H,25,26)/t18-/m0/s1. The van der Waals surface area contributed by atoms with Gasteiger partial charge in [0.15, 0.2) is 0 Å². The van der Waals surface area contributed by atoms with E-state index in [1.165, 1.54) is 29.2 Å². The van der Waals surface area contributed by atoms with E-state index in [9.17, 15) is 29.6 Å². The Morgan fingerprint density at radius 3 is 2.23 bits per heavy atom. The number of carboxylic acid groups (broad SMARTS) is 1. The van der Waals surface area contributed by atoms with Crippen LogP contribution in [0.3, 0.4) is 0 Å². The van der Waals surface area contributed by atoms with E-state index in [0.29, 0.717) is 5.56 Å². The molecule has 0 bridgehead atoms. The number of carboxylic acids is 1. The first-order chi connectivity index (χ1) is 14.7. The molecule has 0 saturated carbocycles. The van der Waals surface area contributed by atoms with Gasteiger partial charge in [-0.15, -0.1) is 0 Å². The fourth-order valence-corrected chi connectivity index (χ4v) is 3.66. The Kier molecular flexibility index (Phi) is 6.50. The number of benzene rings is 2. The second-order valence-corrected chi connectivity index (χ2v) is 7.76. The number of ketones is 1. The number of amides is 1. The average molecular weight is 489 g/mol. The SMILES string of the molecule is O=C(O)CCCN1C(=O)C(=O)C(=C(O)c2ccc([N+](=O)[O-])cc2)[C@@H]1c1ccc(Br)cc1. The lowest BCUT2D eigenvalue weighted by Gasteiger charge is -2.25. The number of nitrogens with zero attached hydrogens (tertiary/aromatic N) is 2. The third-order valence-electron chi connectivity index (χ3n) is 4.87. The van der Waals surface area contributed by atoms with Crippen molar-refractivity contribution in [3.63, 3.8) is 0 Å². The topological polar surface area (TPSA) is 138 Å².